The first kappa shape index (κ1) is 18.4. The molecule has 0 atom stereocenters. The van der Waals surface area contributed by atoms with Gasteiger partial charge in [0.15, 0.2) is 0 Å². The van der Waals surface area contributed by atoms with E-state index < -0.39 is 10.0 Å². The molecule has 0 aliphatic heterocycles. The molecule has 7 heteroatoms. The maximum atomic E-state index is 12.8. The zero-order valence-electron chi connectivity index (χ0n) is 13.5. The Balaban J connectivity index is 3.16. The van der Waals surface area contributed by atoms with Gasteiger partial charge in [-0.2, -0.15) is 4.31 Å². The molecule has 0 bridgehead atoms. The van der Waals surface area contributed by atoms with Crippen molar-refractivity contribution in [3.8, 4) is 5.75 Å². The number of benzene rings is 1. The lowest BCUT2D eigenvalue weighted by atomic mass is 10.2. The molecule has 1 aromatic rings. The minimum absolute atomic E-state index is 0.181. The highest BCUT2D eigenvalue weighted by atomic mass is 32.2. The minimum Gasteiger partial charge on any atom is -0.494 e. The summed E-state index contributed by atoms with van der Waals surface area (Å²) in [5.41, 5.74) is 0.601. The molecule has 0 aliphatic carbocycles. The Labute approximate surface area is 132 Å². The Kier molecular flexibility index (Phi) is 6.83. The number of carbonyl (C=O) groups excluding carboxylic acids is 1. The molecular weight excluding hydrogens is 304 g/mol. The summed E-state index contributed by atoms with van der Waals surface area (Å²) < 4.78 is 32.1. The van der Waals surface area contributed by atoms with Crippen molar-refractivity contribution < 1.29 is 17.9 Å². The molecule has 0 radical (unpaired) electrons. The maximum Gasteiger partial charge on any atom is 0.243 e. The fourth-order valence-electron chi connectivity index (χ4n) is 2.08. The van der Waals surface area contributed by atoms with Gasteiger partial charge in [0.2, 0.25) is 15.9 Å². The zero-order valence-corrected chi connectivity index (χ0v) is 14.4. The van der Waals surface area contributed by atoms with Crippen LogP contribution in [0.1, 0.15) is 25.8 Å². The number of rotatable bonds is 8. The van der Waals surface area contributed by atoms with Crippen LogP contribution >= 0.6 is 0 Å². The smallest absolute Gasteiger partial charge is 0.243 e. The highest BCUT2D eigenvalue weighted by Crippen LogP contribution is 2.24. The van der Waals surface area contributed by atoms with Gasteiger partial charge < -0.3 is 10.1 Å². The number of nitrogens with one attached hydrogen (secondary N) is 1. The summed E-state index contributed by atoms with van der Waals surface area (Å²) in [5, 5.41) is 2.45. The molecule has 0 saturated carbocycles. The van der Waals surface area contributed by atoms with Gasteiger partial charge in [0.05, 0.1) is 18.0 Å². The first-order valence-corrected chi connectivity index (χ1v) is 8.75. The van der Waals surface area contributed by atoms with Gasteiger partial charge in [-0.3, -0.25) is 4.79 Å². The SMILES string of the molecule is CCCN(CC(=O)NC)S(=O)(=O)c1ccc(OCC)cc1C. The van der Waals surface area contributed by atoms with Crippen molar-refractivity contribution in [1.29, 1.82) is 0 Å². The number of hydrogen-bond acceptors (Lipinski definition) is 4. The van der Waals surface area contributed by atoms with E-state index in [2.05, 4.69) is 5.32 Å². The molecule has 0 spiro atoms. The van der Waals surface area contributed by atoms with Gasteiger partial charge >= 0.3 is 0 Å². The number of hydrogen-bond donors (Lipinski definition) is 1. The van der Waals surface area contributed by atoms with Crippen LogP contribution in [0.3, 0.4) is 0 Å². The molecule has 0 heterocycles. The first-order valence-electron chi connectivity index (χ1n) is 7.31. The molecule has 0 unspecified atom stereocenters. The second kappa shape index (κ2) is 8.14. The van der Waals surface area contributed by atoms with Crippen LogP contribution in [0.5, 0.6) is 5.75 Å². The third-order valence-electron chi connectivity index (χ3n) is 3.15. The van der Waals surface area contributed by atoms with Crippen molar-refractivity contribution in [3.05, 3.63) is 23.8 Å². The second-order valence-electron chi connectivity index (χ2n) is 4.87. The lowest BCUT2D eigenvalue weighted by Crippen LogP contribution is -2.40. The number of ether oxygens (including phenoxy) is 1. The number of sulfonamides is 1. The fraction of sp³-hybridized carbons (Fsp3) is 0.533. The Morgan fingerprint density at radius 2 is 2.00 bits per heavy atom. The van der Waals surface area contributed by atoms with Crippen LogP contribution in [0.15, 0.2) is 23.1 Å². The van der Waals surface area contributed by atoms with E-state index in [9.17, 15) is 13.2 Å². The van der Waals surface area contributed by atoms with E-state index in [0.29, 0.717) is 30.9 Å². The Morgan fingerprint density at radius 1 is 1.32 bits per heavy atom. The molecule has 1 rings (SSSR count). The van der Waals surface area contributed by atoms with Crippen LogP contribution in [0.2, 0.25) is 0 Å². The predicted octanol–water partition coefficient (Wildman–Crippen LogP) is 1.54. The maximum absolute atomic E-state index is 12.8. The summed E-state index contributed by atoms with van der Waals surface area (Å²) in [4.78, 5) is 11.8. The predicted molar refractivity (Wildman–Crippen MR) is 85.5 cm³/mol. The van der Waals surface area contributed by atoms with Gasteiger partial charge in [-0.05, 0) is 44.0 Å². The third-order valence-corrected chi connectivity index (χ3v) is 5.15. The molecule has 6 nitrogen and oxygen atoms in total. The van der Waals surface area contributed by atoms with E-state index in [4.69, 9.17) is 4.74 Å². The Morgan fingerprint density at radius 3 is 2.50 bits per heavy atom. The van der Waals surface area contributed by atoms with Gasteiger partial charge in [-0.25, -0.2) is 8.42 Å². The van der Waals surface area contributed by atoms with E-state index >= 15 is 0 Å². The molecule has 1 N–H and O–H groups in total. The molecule has 124 valence electrons. The highest BCUT2D eigenvalue weighted by molar-refractivity contribution is 7.89. The van der Waals surface area contributed by atoms with E-state index in [0.717, 1.165) is 0 Å². The Hall–Kier alpha value is -1.60. The molecular formula is C15H24N2O4S. The van der Waals surface area contributed by atoms with E-state index in [1.165, 1.54) is 17.4 Å². The molecule has 0 saturated heterocycles. The van der Waals surface area contributed by atoms with Gasteiger partial charge in [-0.15, -0.1) is 0 Å². The Bertz CT molecular complexity index is 614. The molecule has 1 aromatic carbocycles. The molecule has 0 aromatic heterocycles. The van der Waals surface area contributed by atoms with Crippen LogP contribution in [0.4, 0.5) is 0 Å². The third kappa shape index (κ3) is 4.45. The van der Waals surface area contributed by atoms with Crippen LogP contribution in [0, 0.1) is 6.92 Å². The van der Waals surface area contributed by atoms with Gasteiger partial charge in [-0.1, -0.05) is 6.92 Å². The topological polar surface area (TPSA) is 75.7 Å². The summed E-state index contributed by atoms with van der Waals surface area (Å²) in [5.74, 6) is 0.299. The number of nitrogens with zero attached hydrogens (tertiary/aromatic N) is 1. The fourth-order valence-corrected chi connectivity index (χ4v) is 3.77. The largest absolute Gasteiger partial charge is 0.494 e. The highest BCUT2D eigenvalue weighted by Gasteiger charge is 2.27. The van der Waals surface area contributed by atoms with Crippen LogP contribution in [-0.2, 0) is 14.8 Å². The average molecular weight is 328 g/mol. The van der Waals surface area contributed by atoms with Gasteiger partial charge in [0.25, 0.3) is 0 Å². The van der Waals surface area contributed by atoms with Crippen molar-refractivity contribution in [2.45, 2.75) is 32.1 Å². The lowest BCUT2D eigenvalue weighted by Gasteiger charge is -2.22. The quantitative estimate of drug-likeness (QED) is 0.785. The summed E-state index contributed by atoms with van der Waals surface area (Å²) in [6.07, 6.45) is 0.631. The monoisotopic (exact) mass is 328 g/mol. The van der Waals surface area contributed by atoms with Gasteiger partial charge in [0.1, 0.15) is 5.75 Å². The number of aryl methyl sites for hydroxylation is 1. The van der Waals surface area contributed by atoms with Crippen molar-refractivity contribution in [2.75, 3.05) is 26.7 Å². The van der Waals surface area contributed by atoms with Crippen molar-refractivity contribution >= 4 is 15.9 Å². The number of carbonyl (C=O) groups is 1. The molecule has 22 heavy (non-hydrogen) atoms. The van der Waals surface area contributed by atoms with E-state index in [1.807, 2.05) is 13.8 Å². The summed E-state index contributed by atoms with van der Waals surface area (Å²) in [6, 6.07) is 4.86. The lowest BCUT2D eigenvalue weighted by molar-refractivity contribution is -0.120. The average Bonchev–Trinajstić information content (AvgIpc) is 2.46. The minimum atomic E-state index is -3.71. The normalized spacial score (nSPS) is 11.5. The van der Waals surface area contributed by atoms with Crippen molar-refractivity contribution in [3.63, 3.8) is 0 Å². The summed E-state index contributed by atoms with van der Waals surface area (Å²) in [6.45, 7) is 6.09. The summed E-state index contributed by atoms with van der Waals surface area (Å²) >= 11 is 0. The van der Waals surface area contributed by atoms with E-state index in [-0.39, 0.29) is 17.3 Å². The van der Waals surface area contributed by atoms with Crippen molar-refractivity contribution in [2.24, 2.45) is 0 Å². The zero-order chi connectivity index (χ0) is 16.8. The van der Waals surface area contributed by atoms with Crippen LogP contribution < -0.4 is 10.1 Å². The van der Waals surface area contributed by atoms with Gasteiger partial charge in [0, 0.05) is 13.6 Å². The molecule has 0 aliphatic rings. The van der Waals surface area contributed by atoms with E-state index in [1.54, 1.807) is 19.1 Å². The molecule has 0 fully saturated rings. The van der Waals surface area contributed by atoms with Crippen molar-refractivity contribution in [1.82, 2.24) is 9.62 Å². The summed E-state index contributed by atoms with van der Waals surface area (Å²) in [7, 11) is -2.23. The van der Waals surface area contributed by atoms with Crippen LogP contribution in [-0.4, -0.2) is 45.4 Å². The standard InChI is InChI=1S/C15H24N2O4S/c1-5-9-17(11-15(18)16-4)22(19,20)14-8-7-13(21-6-2)10-12(14)3/h7-8,10H,5-6,9,11H2,1-4H3,(H,16,18). The first-order chi connectivity index (χ1) is 10.4. The molecule has 1 amide bonds. The second-order valence-corrected chi connectivity index (χ2v) is 6.78. The van der Waals surface area contributed by atoms with Crippen LogP contribution in [0.25, 0.3) is 0 Å². The number of likely N-dealkylation sites (N-methyl/N-ethyl adjacent to an activating group) is 1. The number of amides is 1.